The van der Waals surface area contributed by atoms with Crippen LogP contribution in [0.15, 0.2) is 36.5 Å². The standard InChI is InChI=1S/C18H23N3O3/c22-18(23)13-24-17-5-3-14(4-6-17)11-21-9-1-2-15(12-21)10-16-7-8-19-20-16/h3-8,15H,1-2,9-13H2,(H,19,20)(H,22,23). The van der Waals surface area contributed by atoms with Crippen molar-refractivity contribution in [3.63, 3.8) is 0 Å². The van der Waals surface area contributed by atoms with Crippen LogP contribution in [0.25, 0.3) is 0 Å². The van der Waals surface area contributed by atoms with E-state index in [0.717, 1.165) is 26.1 Å². The molecule has 6 heteroatoms. The van der Waals surface area contributed by atoms with Gasteiger partial charge in [-0.2, -0.15) is 5.10 Å². The summed E-state index contributed by atoms with van der Waals surface area (Å²) in [7, 11) is 0. The highest BCUT2D eigenvalue weighted by atomic mass is 16.5. The number of ether oxygens (including phenoxy) is 1. The first-order valence-corrected chi connectivity index (χ1v) is 8.33. The number of likely N-dealkylation sites (tertiary alicyclic amines) is 1. The molecule has 1 saturated heterocycles. The quantitative estimate of drug-likeness (QED) is 0.815. The van der Waals surface area contributed by atoms with Crippen molar-refractivity contribution < 1.29 is 14.6 Å². The maximum Gasteiger partial charge on any atom is 0.341 e. The normalized spacial score (nSPS) is 18.4. The van der Waals surface area contributed by atoms with Crippen LogP contribution in [0.2, 0.25) is 0 Å². The molecule has 2 aromatic rings. The van der Waals surface area contributed by atoms with Crippen molar-refractivity contribution in [3.05, 3.63) is 47.8 Å². The molecule has 1 aromatic carbocycles. The number of carboxylic acid groups (broad SMARTS) is 1. The number of aliphatic carboxylic acids is 1. The highest BCUT2D eigenvalue weighted by molar-refractivity contribution is 5.68. The first-order valence-electron chi connectivity index (χ1n) is 8.33. The zero-order chi connectivity index (χ0) is 16.8. The van der Waals surface area contributed by atoms with Crippen molar-refractivity contribution in [2.75, 3.05) is 19.7 Å². The number of carbonyl (C=O) groups is 1. The summed E-state index contributed by atoms with van der Waals surface area (Å²) < 4.78 is 5.17. The molecule has 1 aliphatic heterocycles. The Morgan fingerprint density at radius 3 is 2.88 bits per heavy atom. The minimum absolute atomic E-state index is 0.305. The fourth-order valence-electron chi connectivity index (χ4n) is 3.27. The molecule has 24 heavy (non-hydrogen) atoms. The van der Waals surface area contributed by atoms with E-state index in [1.54, 1.807) is 0 Å². The molecule has 0 aliphatic carbocycles. The first-order chi connectivity index (χ1) is 11.7. The van der Waals surface area contributed by atoms with Crippen molar-refractivity contribution in [1.82, 2.24) is 15.1 Å². The van der Waals surface area contributed by atoms with Gasteiger partial charge in [0.2, 0.25) is 0 Å². The number of nitrogens with zero attached hydrogens (tertiary/aromatic N) is 2. The number of aromatic nitrogens is 2. The Morgan fingerprint density at radius 1 is 1.33 bits per heavy atom. The van der Waals surface area contributed by atoms with E-state index in [1.807, 2.05) is 30.5 Å². The predicted octanol–water partition coefficient (Wildman–Crippen LogP) is 2.33. The van der Waals surface area contributed by atoms with Gasteiger partial charge in [0.25, 0.3) is 0 Å². The third kappa shape index (κ3) is 4.83. The molecule has 1 fully saturated rings. The zero-order valence-electron chi connectivity index (χ0n) is 13.6. The number of rotatable bonds is 7. The van der Waals surface area contributed by atoms with E-state index in [0.29, 0.717) is 11.7 Å². The second-order valence-electron chi connectivity index (χ2n) is 6.36. The Labute approximate surface area is 141 Å². The Morgan fingerprint density at radius 2 is 2.17 bits per heavy atom. The van der Waals surface area contributed by atoms with Crippen LogP contribution in [0.5, 0.6) is 5.75 Å². The monoisotopic (exact) mass is 329 g/mol. The van der Waals surface area contributed by atoms with Gasteiger partial charge < -0.3 is 9.84 Å². The number of nitrogens with one attached hydrogen (secondary N) is 1. The van der Waals surface area contributed by atoms with Crippen LogP contribution >= 0.6 is 0 Å². The molecule has 6 nitrogen and oxygen atoms in total. The highest BCUT2D eigenvalue weighted by Crippen LogP contribution is 2.22. The zero-order valence-corrected chi connectivity index (χ0v) is 13.6. The molecule has 0 amide bonds. The second-order valence-corrected chi connectivity index (χ2v) is 6.36. The van der Waals surface area contributed by atoms with E-state index >= 15 is 0 Å². The number of hydrogen-bond donors (Lipinski definition) is 2. The summed E-state index contributed by atoms with van der Waals surface area (Å²) in [5.74, 6) is 0.296. The molecule has 2 N–H and O–H groups in total. The van der Waals surface area contributed by atoms with Crippen molar-refractivity contribution in [3.8, 4) is 5.75 Å². The lowest BCUT2D eigenvalue weighted by molar-refractivity contribution is -0.139. The van der Waals surface area contributed by atoms with Gasteiger partial charge in [0.05, 0.1) is 0 Å². The Hall–Kier alpha value is -2.34. The van der Waals surface area contributed by atoms with Gasteiger partial charge in [0, 0.05) is 25.0 Å². The van der Waals surface area contributed by atoms with E-state index in [4.69, 9.17) is 9.84 Å². The molecule has 1 aliphatic rings. The summed E-state index contributed by atoms with van der Waals surface area (Å²) in [4.78, 5) is 13.0. The van der Waals surface area contributed by atoms with E-state index in [9.17, 15) is 4.79 Å². The Bertz CT molecular complexity index is 640. The molecule has 3 rings (SSSR count). The summed E-state index contributed by atoms with van der Waals surface area (Å²) in [6.45, 7) is 2.83. The molecule has 1 unspecified atom stereocenters. The van der Waals surface area contributed by atoms with Crippen molar-refractivity contribution in [1.29, 1.82) is 0 Å². The topological polar surface area (TPSA) is 78.5 Å². The molecule has 128 valence electrons. The summed E-state index contributed by atoms with van der Waals surface area (Å²) in [5, 5.41) is 15.7. The lowest BCUT2D eigenvalue weighted by Crippen LogP contribution is -2.35. The fourth-order valence-corrected chi connectivity index (χ4v) is 3.27. The van der Waals surface area contributed by atoms with E-state index in [-0.39, 0.29) is 6.61 Å². The van der Waals surface area contributed by atoms with Crippen molar-refractivity contribution in [2.45, 2.75) is 25.8 Å². The van der Waals surface area contributed by atoms with Crippen LogP contribution in [0.4, 0.5) is 0 Å². The van der Waals surface area contributed by atoms with Crippen LogP contribution in [-0.2, 0) is 17.8 Å². The van der Waals surface area contributed by atoms with Gasteiger partial charge in [0.1, 0.15) is 5.75 Å². The third-order valence-electron chi connectivity index (χ3n) is 4.36. The lowest BCUT2D eigenvalue weighted by atomic mass is 9.93. The molecular weight excluding hydrogens is 306 g/mol. The molecule has 1 atom stereocenters. The minimum atomic E-state index is -0.962. The maximum atomic E-state index is 10.5. The Kier molecular flexibility index (Phi) is 5.48. The van der Waals surface area contributed by atoms with E-state index < -0.39 is 5.97 Å². The molecule has 1 aromatic heterocycles. The van der Waals surface area contributed by atoms with Gasteiger partial charge in [-0.25, -0.2) is 4.79 Å². The van der Waals surface area contributed by atoms with Gasteiger partial charge in [-0.1, -0.05) is 12.1 Å². The van der Waals surface area contributed by atoms with Gasteiger partial charge in [0.15, 0.2) is 6.61 Å². The number of piperidine rings is 1. The number of benzene rings is 1. The maximum absolute atomic E-state index is 10.5. The van der Waals surface area contributed by atoms with Crippen molar-refractivity contribution in [2.24, 2.45) is 5.92 Å². The van der Waals surface area contributed by atoms with Crippen LogP contribution in [0.1, 0.15) is 24.1 Å². The molecule has 0 spiro atoms. The summed E-state index contributed by atoms with van der Waals surface area (Å²) >= 11 is 0. The number of H-pyrrole nitrogens is 1. The smallest absolute Gasteiger partial charge is 0.341 e. The van der Waals surface area contributed by atoms with E-state index in [1.165, 1.54) is 24.1 Å². The van der Waals surface area contributed by atoms with Crippen LogP contribution in [0.3, 0.4) is 0 Å². The number of aromatic amines is 1. The summed E-state index contributed by atoms with van der Waals surface area (Å²) in [6.07, 6.45) is 5.35. The molecule has 0 radical (unpaired) electrons. The number of carboxylic acids is 1. The third-order valence-corrected chi connectivity index (χ3v) is 4.36. The number of hydrogen-bond acceptors (Lipinski definition) is 4. The fraction of sp³-hybridized carbons (Fsp3) is 0.444. The highest BCUT2D eigenvalue weighted by Gasteiger charge is 2.20. The van der Waals surface area contributed by atoms with Gasteiger partial charge >= 0.3 is 5.97 Å². The van der Waals surface area contributed by atoms with Gasteiger partial charge in [-0.15, -0.1) is 0 Å². The Balaban J connectivity index is 1.50. The minimum Gasteiger partial charge on any atom is -0.482 e. The molecule has 0 saturated carbocycles. The average Bonchev–Trinajstić information content (AvgIpc) is 3.07. The molecule has 2 heterocycles. The van der Waals surface area contributed by atoms with Gasteiger partial charge in [-0.3, -0.25) is 10.00 Å². The summed E-state index contributed by atoms with van der Waals surface area (Å²) in [6, 6.07) is 9.74. The summed E-state index contributed by atoms with van der Waals surface area (Å²) in [5.41, 5.74) is 2.43. The predicted molar refractivity (Wildman–Crippen MR) is 89.9 cm³/mol. The second kappa shape index (κ2) is 7.97. The first kappa shape index (κ1) is 16.5. The average molecular weight is 329 g/mol. The van der Waals surface area contributed by atoms with E-state index in [2.05, 4.69) is 21.2 Å². The largest absolute Gasteiger partial charge is 0.482 e. The van der Waals surface area contributed by atoms with Crippen LogP contribution < -0.4 is 4.74 Å². The van der Waals surface area contributed by atoms with Crippen LogP contribution in [-0.4, -0.2) is 45.9 Å². The molecular formula is C18H23N3O3. The van der Waals surface area contributed by atoms with Gasteiger partial charge in [-0.05, 0) is 55.5 Å². The van der Waals surface area contributed by atoms with Crippen LogP contribution in [0, 0.1) is 5.92 Å². The molecule has 0 bridgehead atoms. The lowest BCUT2D eigenvalue weighted by Gasteiger charge is -2.32. The van der Waals surface area contributed by atoms with Crippen molar-refractivity contribution >= 4 is 5.97 Å². The SMILES string of the molecule is O=C(O)COc1ccc(CN2CCCC(Cc3ccn[nH]3)C2)cc1.